The van der Waals surface area contributed by atoms with E-state index in [-0.39, 0.29) is 27.1 Å². The van der Waals surface area contributed by atoms with Gasteiger partial charge in [0.05, 0.1) is 27.2 Å². The summed E-state index contributed by atoms with van der Waals surface area (Å²) in [6.45, 7) is 2.14. The molecule has 1 aliphatic heterocycles. The molecular formula is C24H17N3O5. The van der Waals surface area contributed by atoms with Crippen molar-refractivity contribution in [3.05, 3.63) is 97.1 Å². The molecule has 0 fully saturated rings. The third-order valence-corrected chi connectivity index (χ3v) is 5.51. The number of nitrogens with zero attached hydrogens (tertiary/aromatic N) is 1. The number of aromatic nitrogens is 2. The summed E-state index contributed by atoms with van der Waals surface area (Å²) in [5, 5.41) is 5.46. The Bertz CT molecular complexity index is 1660. The lowest BCUT2D eigenvalue weighted by atomic mass is 9.94. The van der Waals surface area contributed by atoms with Crippen molar-refractivity contribution in [3.8, 4) is 0 Å². The number of carbonyl (C=O) groups excluding carboxylic acids is 2. The fraction of sp³-hybridized carbons (Fsp3) is 0.0833. The van der Waals surface area contributed by atoms with Gasteiger partial charge in [0.2, 0.25) is 5.78 Å². The number of H-pyrrole nitrogens is 2. The van der Waals surface area contributed by atoms with Gasteiger partial charge in [0.1, 0.15) is 17.4 Å². The minimum atomic E-state index is -0.567. The number of rotatable bonds is 2. The highest BCUT2D eigenvalue weighted by molar-refractivity contribution is 6.51. The first-order valence-corrected chi connectivity index (χ1v) is 10.00. The summed E-state index contributed by atoms with van der Waals surface area (Å²) in [4.78, 5) is 53.4. The van der Waals surface area contributed by atoms with Crippen LogP contribution < -0.4 is 26.5 Å². The van der Waals surface area contributed by atoms with Gasteiger partial charge >= 0.3 is 0 Å². The molecule has 8 heteroatoms. The molecule has 0 saturated heterocycles. The van der Waals surface area contributed by atoms with E-state index in [0.717, 1.165) is 0 Å². The molecule has 0 unspecified atom stereocenters. The van der Waals surface area contributed by atoms with E-state index in [2.05, 4.69) is 10.2 Å². The molecule has 32 heavy (non-hydrogen) atoms. The van der Waals surface area contributed by atoms with Crippen LogP contribution in [0.15, 0.2) is 68.8 Å². The Morgan fingerprint density at radius 2 is 1.72 bits per heavy atom. The highest BCUT2D eigenvalue weighted by Gasteiger charge is 2.35. The van der Waals surface area contributed by atoms with Crippen molar-refractivity contribution < 1.29 is 14.0 Å². The molecule has 2 N–H and O–H groups in total. The van der Waals surface area contributed by atoms with Crippen molar-refractivity contribution in [1.29, 1.82) is 0 Å². The molecule has 4 aromatic rings. The van der Waals surface area contributed by atoms with Gasteiger partial charge in [0, 0.05) is 12.1 Å². The number of nitrogens with one attached hydrogen (secondary N) is 2. The molecule has 3 heterocycles. The molecule has 8 nitrogen and oxygen atoms in total. The third-order valence-electron chi connectivity index (χ3n) is 5.51. The fourth-order valence-corrected chi connectivity index (χ4v) is 3.96. The van der Waals surface area contributed by atoms with Crippen molar-refractivity contribution >= 4 is 40.0 Å². The molecule has 0 bridgehead atoms. The van der Waals surface area contributed by atoms with Crippen LogP contribution in [0.5, 0.6) is 0 Å². The molecule has 1 amide bonds. The zero-order chi connectivity index (χ0) is 22.4. The standard InChI is InChI=1S/C24H17N3O5/c1-2-27-17-9-5-3-7-14(17)22(29)19(24(27)31)20-16(23(30)26-25-20)11-13-12-32-18-10-6-4-8-15(18)21(13)28/h3-12,25H,2H2,1H3,(H,26,30)/b16-11-,20-19+. The van der Waals surface area contributed by atoms with E-state index in [1.807, 2.05) is 0 Å². The van der Waals surface area contributed by atoms with Crippen LogP contribution in [0.1, 0.15) is 22.8 Å². The van der Waals surface area contributed by atoms with Gasteiger partial charge in [-0.1, -0.05) is 24.3 Å². The Labute approximate surface area is 180 Å². The van der Waals surface area contributed by atoms with Crippen LogP contribution in [-0.2, 0) is 4.79 Å². The molecule has 1 aliphatic rings. The number of hydrogen-bond acceptors (Lipinski definition) is 5. The first-order valence-electron chi connectivity index (χ1n) is 10.00. The Balaban J connectivity index is 1.83. The average Bonchev–Trinajstić information content (AvgIpc) is 3.16. The monoisotopic (exact) mass is 427 g/mol. The average molecular weight is 427 g/mol. The first kappa shape index (κ1) is 19.5. The largest absolute Gasteiger partial charge is 0.463 e. The molecule has 158 valence electrons. The number of ketones is 1. The number of hydrogen-bond donors (Lipinski definition) is 2. The number of amides is 1. The van der Waals surface area contributed by atoms with E-state index < -0.39 is 17.2 Å². The van der Waals surface area contributed by atoms with Crippen LogP contribution in [-0.4, -0.2) is 28.4 Å². The molecule has 0 atom stereocenters. The molecule has 0 aliphatic carbocycles. The summed E-state index contributed by atoms with van der Waals surface area (Å²) >= 11 is 0. The van der Waals surface area contributed by atoms with Crippen molar-refractivity contribution in [2.75, 3.05) is 11.4 Å². The Kier molecular flexibility index (Phi) is 4.48. The molecule has 2 aromatic carbocycles. The van der Waals surface area contributed by atoms with Crippen LogP contribution in [0.25, 0.3) is 22.6 Å². The maximum Gasteiger partial charge on any atom is 0.271 e. The third kappa shape index (κ3) is 2.84. The van der Waals surface area contributed by atoms with Crippen molar-refractivity contribution in [3.63, 3.8) is 0 Å². The van der Waals surface area contributed by atoms with Crippen LogP contribution in [0.3, 0.4) is 0 Å². The SMILES string of the molecule is CCN1C(=O)/C(=c2/[nH][nH]c(=O)/c2=C\c2coc3ccccc3c2=O)C(=O)c2ccccc21. The predicted molar refractivity (Wildman–Crippen MR) is 119 cm³/mol. The number of aromatic amines is 2. The van der Waals surface area contributed by atoms with Crippen LogP contribution in [0.4, 0.5) is 5.69 Å². The number of para-hydroxylation sites is 2. The highest BCUT2D eigenvalue weighted by Crippen LogP contribution is 2.29. The zero-order valence-electron chi connectivity index (χ0n) is 17.0. The maximum absolute atomic E-state index is 13.2. The first-order chi connectivity index (χ1) is 15.5. The number of anilines is 1. The predicted octanol–water partition coefficient (Wildman–Crippen LogP) is 1.04. The van der Waals surface area contributed by atoms with Gasteiger partial charge in [-0.15, -0.1) is 0 Å². The summed E-state index contributed by atoms with van der Waals surface area (Å²) in [7, 11) is 0. The second-order valence-corrected chi connectivity index (χ2v) is 7.30. The molecule has 0 saturated carbocycles. The van der Waals surface area contributed by atoms with E-state index in [0.29, 0.717) is 28.8 Å². The summed E-state index contributed by atoms with van der Waals surface area (Å²) in [5.41, 5.74) is 0.363. The van der Waals surface area contributed by atoms with Crippen molar-refractivity contribution in [2.45, 2.75) is 6.92 Å². The van der Waals surface area contributed by atoms with Gasteiger partial charge in [-0.3, -0.25) is 29.4 Å². The van der Waals surface area contributed by atoms with E-state index in [1.54, 1.807) is 55.5 Å². The smallest absolute Gasteiger partial charge is 0.271 e. The minimum absolute atomic E-state index is 0.000264. The van der Waals surface area contributed by atoms with Gasteiger partial charge < -0.3 is 9.32 Å². The number of Topliss-reactive ketones (excluding diaryl/α,β-unsaturated/α-hetero) is 1. The minimum Gasteiger partial charge on any atom is -0.463 e. The molecule has 2 aromatic heterocycles. The number of fused-ring (bicyclic) bond motifs is 2. The van der Waals surface area contributed by atoms with E-state index >= 15 is 0 Å². The Morgan fingerprint density at radius 1 is 0.969 bits per heavy atom. The summed E-state index contributed by atoms with van der Waals surface area (Å²) in [6, 6.07) is 13.6. The molecular weight excluding hydrogens is 410 g/mol. The van der Waals surface area contributed by atoms with Gasteiger partial charge in [-0.25, -0.2) is 0 Å². The second kappa shape index (κ2) is 7.35. The van der Waals surface area contributed by atoms with E-state index in [4.69, 9.17) is 4.42 Å². The van der Waals surface area contributed by atoms with Crippen molar-refractivity contribution in [1.82, 2.24) is 10.2 Å². The number of benzene rings is 2. The van der Waals surface area contributed by atoms with Crippen LogP contribution >= 0.6 is 0 Å². The van der Waals surface area contributed by atoms with Crippen LogP contribution in [0.2, 0.25) is 0 Å². The van der Waals surface area contributed by atoms with Gasteiger partial charge in [0.25, 0.3) is 11.5 Å². The lowest BCUT2D eigenvalue weighted by Gasteiger charge is -2.28. The Hall–Kier alpha value is -4.46. The summed E-state index contributed by atoms with van der Waals surface area (Å²) < 4.78 is 5.52. The van der Waals surface area contributed by atoms with Gasteiger partial charge in [-0.05, 0) is 37.3 Å². The quantitative estimate of drug-likeness (QED) is 0.496. The summed E-state index contributed by atoms with van der Waals surface area (Å²) in [6.07, 6.45) is 2.58. The van der Waals surface area contributed by atoms with Gasteiger partial charge in [0.15, 0.2) is 5.43 Å². The Morgan fingerprint density at radius 3 is 2.53 bits per heavy atom. The van der Waals surface area contributed by atoms with Gasteiger partial charge in [-0.2, -0.15) is 0 Å². The number of carbonyl (C=O) groups is 2. The highest BCUT2D eigenvalue weighted by atomic mass is 16.3. The fourth-order valence-electron chi connectivity index (χ4n) is 3.96. The van der Waals surface area contributed by atoms with Crippen molar-refractivity contribution in [2.24, 2.45) is 0 Å². The molecule has 0 radical (unpaired) electrons. The zero-order valence-corrected chi connectivity index (χ0v) is 17.0. The maximum atomic E-state index is 13.2. The second-order valence-electron chi connectivity index (χ2n) is 7.30. The topological polar surface area (TPSA) is 116 Å². The lowest BCUT2D eigenvalue weighted by Crippen LogP contribution is -2.45. The van der Waals surface area contributed by atoms with Crippen LogP contribution in [0, 0.1) is 0 Å². The van der Waals surface area contributed by atoms with E-state index in [1.165, 1.54) is 17.2 Å². The van der Waals surface area contributed by atoms with E-state index in [9.17, 15) is 19.2 Å². The lowest BCUT2D eigenvalue weighted by molar-refractivity contribution is -0.113. The summed E-state index contributed by atoms with van der Waals surface area (Å²) in [5.74, 6) is -1.02. The molecule has 5 rings (SSSR count). The normalized spacial score (nSPS) is 16.0. The molecule has 0 spiro atoms.